The first-order chi connectivity index (χ1) is 15.5. The summed E-state index contributed by atoms with van der Waals surface area (Å²) in [4.78, 5) is 30.2. The number of nitrogens with two attached hydrogens (primary N) is 1. The number of pyridine rings is 1. The van der Waals surface area contributed by atoms with E-state index in [9.17, 15) is 14.0 Å². The molecule has 3 N–H and O–H groups in total. The van der Waals surface area contributed by atoms with Crippen LogP contribution in [0.3, 0.4) is 0 Å². The van der Waals surface area contributed by atoms with Crippen molar-refractivity contribution in [3.8, 4) is 11.3 Å². The van der Waals surface area contributed by atoms with Gasteiger partial charge >= 0.3 is 6.09 Å². The van der Waals surface area contributed by atoms with Gasteiger partial charge < -0.3 is 10.5 Å². The highest BCUT2D eigenvalue weighted by Gasteiger charge is 2.25. The third-order valence-electron chi connectivity index (χ3n) is 4.87. The molecule has 0 bridgehead atoms. The summed E-state index contributed by atoms with van der Waals surface area (Å²) in [6, 6.07) is 21.4. The highest BCUT2D eigenvalue weighted by molar-refractivity contribution is 6.14. The molecule has 7 nitrogen and oxygen atoms in total. The summed E-state index contributed by atoms with van der Waals surface area (Å²) in [5, 5.41) is 1.43. The van der Waals surface area contributed by atoms with Gasteiger partial charge in [-0.1, -0.05) is 48.5 Å². The van der Waals surface area contributed by atoms with Crippen LogP contribution in [0.1, 0.15) is 10.4 Å². The SMILES string of the molecule is COC(=O)N(NC(=O)c1c(N)c(-c2ccccc2F)nc2ccccc12)c1ccccc1. The number of carbonyl (C=O) groups is 2. The largest absolute Gasteiger partial charge is 0.451 e. The third kappa shape index (κ3) is 3.81. The van der Waals surface area contributed by atoms with Gasteiger partial charge in [0.25, 0.3) is 5.91 Å². The molecule has 0 radical (unpaired) electrons. The second-order valence-electron chi connectivity index (χ2n) is 6.83. The van der Waals surface area contributed by atoms with Gasteiger partial charge in [0, 0.05) is 10.9 Å². The van der Waals surface area contributed by atoms with Gasteiger partial charge in [-0.05, 0) is 30.3 Å². The minimum Gasteiger partial charge on any atom is -0.451 e. The minimum atomic E-state index is -0.796. The van der Waals surface area contributed by atoms with Crippen molar-refractivity contribution in [2.45, 2.75) is 0 Å². The van der Waals surface area contributed by atoms with Gasteiger partial charge in [0.2, 0.25) is 0 Å². The fraction of sp³-hybridized carbons (Fsp3) is 0.0417. The third-order valence-corrected chi connectivity index (χ3v) is 4.87. The Morgan fingerprint density at radius 1 is 0.969 bits per heavy atom. The number of para-hydroxylation sites is 2. The molecule has 32 heavy (non-hydrogen) atoms. The van der Waals surface area contributed by atoms with E-state index < -0.39 is 17.8 Å². The topological polar surface area (TPSA) is 97.5 Å². The molecular formula is C24H19FN4O3. The van der Waals surface area contributed by atoms with Crippen molar-refractivity contribution in [2.24, 2.45) is 0 Å². The monoisotopic (exact) mass is 430 g/mol. The molecule has 1 aromatic heterocycles. The van der Waals surface area contributed by atoms with E-state index in [1.807, 2.05) is 0 Å². The van der Waals surface area contributed by atoms with Gasteiger partial charge in [-0.3, -0.25) is 10.2 Å². The Morgan fingerprint density at radius 2 is 1.62 bits per heavy atom. The first kappa shape index (κ1) is 20.8. The fourth-order valence-electron chi connectivity index (χ4n) is 3.37. The number of fused-ring (bicyclic) bond motifs is 1. The van der Waals surface area contributed by atoms with E-state index in [0.717, 1.165) is 5.01 Å². The zero-order valence-electron chi connectivity index (χ0n) is 17.1. The first-order valence-electron chi connectivity index (χ1n) is 9.68. The van der Waals surface area contributed by atoms with Crippen molar-refractivity contribution >= 4 is 34.3 Å². The number of aromatic nitrogens is 1. The number of methoxy groups -OCH3 is 1. The Balaban J connectivity index is 1.86. The number of anilines is 2. The lowest BCUT2D eigenvalue weighted by atomic mass is 10.0. The number of amides is 2. The number of ether oxygens (including phenoxy) is 1. The number of hydrogen-bond donors (Lipinski definition) is 2. The summed E-state index contributed by atoms with van der Waals surface area (Å²) in [6.45, 7) is 0. The highest BCUT2D eigenvalue weighted by atomic mass is 19.1. The van der Waals surface area contributed by atoms with Gasteiger partial charge in [-0.2, -0.15) is 5.01 Å². The summed E-state index contributed by atoms with van der Waals surface area (Å²) in [5.41, 5.74) is 10.1. The van der Waals surface area contributed by atoms with Gasteiger partial charge in [0.15, 0.2) is 0 Å². The van der Waals surface area contributed by atoms with E-state index in [1.165, 1.54) is 19.2 Å². The molecule has 0 unspecified atom stereocenters. The lowest BCUT2D eigenvalue weighted by molar-refractivity contribution is 0.0943. The normalized spacial score (nSPS) is 10.6. The van der Waals surface area contributed by atoms with Crippen LogP contribution in [0.5, 0.6) is 0 Å². The fourth-order valence-corrected chi connectivity index (χ4v) is 3.37. The Bertz CT molecular complexity index is 1310. The van der Waals surface area contributed by atoms with Crippen LogP contribution >= 0.6 is 0 Å². The number of carbonyl (C=O) groups excluding carboxylic acids is 2. The van der Waals surface area contributed by atoms with Crippen molar-refractivity contribution < 1.29 is 18.7 Å². The van der Waals surface area contributed by atoms with Gasteiger partial charge in [0.05, 0.1) is 35.3 Å². The van der Waals surface area contributed by atoms with E-state index in [4.69, 9.17) is 10.5 Å². The van der Waals surface area contributed by atoms with Gasteiger partial charge in [0.1, 0.15) is 5.82 Å². The maximum absolute atomic E-state index is 14.5. The number of rotatable bonds is 3. The maximum atomic E-state index is 14.5. The Labute approximate surface area is 183 Å². The number of hydrazine groups is 1. The number of halogens is 1. The van der Waals surface area contributed by atoms with E-state index in [0.29, 0.717) is 16.6 Å². The van der Waals surface area contributed by atoms with Crippen molar-refractivity contribution in [3.05, 3.63) is 90.2 Å². The molecule has 4 rings (SSSR count). The molecular weight excluding hydrogens is 411 g/mol. The molecule has 8 heteroatoms. The first-order valence-corrected chi connectivity index (χ1v) is 9.68. The second-order valence-corrected chi connectivity index (χ2v) is 6.83. The van der Waals surface area contributed by atoms with Gasteiger partial charge in [-0.25, -0.2) is 14.2 Å². The smallest absolute Gasteiger partial charge is 0.433 e. The van der Waals surface area contributed by atoms with E-state index >= 15 is 0 Å². The van der Waals surface area contributed by atoms with Crippen molar-refractivity contribution in [2.75, 3.05) is 17.9 Å². The predicted molar refractivity (Wildman–Crippen MR) is 120 cm³/mol. The Hall–Kier alpha value is -4.46. The van der Waals surface area contributed by atoms with Crippen LogP contribution in [0, 0.1) is 5.82 Å². The second kappa shape index (κ2) is 8.73. The molecule has 0 atom stereocenters. The lowest BCUT2D eigenvalue weighted by Crippen LogP contribution is -2.46. The molecule has 0 saturated heterocycles. The van der Waals surface area contributed by atoms with Crippen LogP contribution in [-0.4, -0.2) is 24.1 Å². The van der Waals surface area contributed by atoms with Crippen LogP contribution in [-0.2, 0) is 4.74 Å². The van der Waals surface area contributed by atoms with Crippen molar-refractivity contribution in [3.63, 3.8) is 0 Å². The molecule has 0 aliphatic rings. The summed E-state index contributed by atoms with van der Waals surface area (Å²) in [7, 11) is 1.21. The number of nitrogens with zero attached hydrogens (tertiary/aromatic N) is 2. The van der Waals surface area contributed by atoms with E-state index in [1.54, 1.807) is 66.7 Å². The zero-order valence-corrected chi connectivity index (χ0v) is 17.1. The highest BCUT2D eigenvalue weighted by Crippen LogP contribution is 2.33. The Morgan fingerprint density at radius 3 is 2.34 bits per heavy atom. The zero-order chi connectivity index (χ0) is 22.7. The van der Waals surface area contributed by atoms with Crippen LogP contribution in [0.4, 0.5) is 20.6 Å². The van der Waals surface area contributed by atoms with Crippen LogP contribution in [0.25, 0.3) is 22.2 Å². The van der Waals surface area contributed by atoms with Crippen LogP contribution in [0.2, 0.25) is 0 Å². The number of nitrogens with one attached hydrogen (secondary N) is 1. The summed E-state index contributed by atoms with van der Waals surface area (Å²) in [6.07, 6.45) is -0.796. The number of hydrogen-bond acceptors (Lipinski definition) is 5. The molecule has 0 fully saturated rings. The minimum absolute atomic E-state index is 0.0100. The summed E-state index contributed by atoms with van der Waals surface area (Å²) < 4.78 is 19.3. The average molecular weight is 430 g/mol. The van der Waals surface area contributed by atoms with E-state index in [2.05, 4.69) is 10.4 Å². The van der Waals surface area contributed by atoms with Crippen molar-refractivity contribution in [1.82, 2.24) is 10.4 Å². The quantitative estimate of drug-likeness (QED) is 0.465. The molecule has 160 valence electrons. The lowest BCUT2D eigenvalue weighted by Gasteiger charge is -2.23. The number of nitrogen functional groups attached to an aromatic ring is 1. The molecule has 0 aliphatic carbocycles. The number of benzene rings is 3. The van der Waals surface area contributed by atoms with Crippen LogP contribution < -0.4 is 16.2 Å². The van der Waals surface area contributed by atoms with Crippen molar-refractivity contribution in [1.29, 1.82) is 0 Å². The maximum Gasteiger partial charge on any atom is 0.433 e. The molecule has 4 aromatic rings. The summed E-state index contributed by atoms with van der Waals surface area (Å²) in [5.74, 6) is -1.19. The average Bonchev–Trinajstić information content (AvgIpc) is 2.82. The standard InChI is InChI=1S/C24H19FN4O3/c1-32-24(31)29(15-9-3-2-4-10-15)28-23(30)20-17-12-6-8-14-19(17)27-22(21(20)26)16-11-5-7-13-18(16)25/h2-14H,26H2,1H3,(H,28,30). The Kier molecular flexibility index (Phi) is 5.67. The molecule has 3 aromatic carbocycles. The molecule has 2 amide bonds. The summed E-state index contributed by atoms with van der Waals surface area (Å²) >= 11 is 0. The molecule has 0 saturated carbocycles. The van der Waals surface area contributed by atoms with Gasteiger partial charge in [-0.15, -0.1) is 0 Å². The molecule has 0 spiro atoms. The molecule has 1 heterocycles. The van der Waals surface area contributed by atoms with E-state index in [-0.39, 0.29) is 22.5 Å². The molecule has 0 aliphatic heterocycles. The van der Waals surface area contributed by atoms with Crippen LogP contribution in [0.15, 0.2) is 78.9 Å². The predicted octanol–water partition coefficient (Wildman–Crippen LogP) is 4.54.